The maximum Gasteiger partial charge on any atom is 0.164 e. The van der Waals surface area contributed by atoms with Crippen LogP contribution in [0.25, 0.3) is 94.3 Å². The van der Waals surface area contributed by atoms with Crippen molar-refractivity contribution in [2.24, 2.45) is 0 Å². The van der Waals surface area contributed by atoms with Crippen molar-refractivity contribution >= 4 is 43.7 Å². The maximum atomic E-state index is 5.81. The van der Waals surface area contributed by atoms with Crippen LogP contribution < -0.4 is 0 Å². The number of hydrogen-bond donors (Lipinski definition) is 0. The molecule has 1 aliphatic rings. The number of benzene rings is 8. The van der Waals surface area contributed by atoms with Crippen LogP contribution in [0.15, 0.2) is 225 Å². The summed E-state index contributed by atoms with van der Waals surface area (Å²) in [6.45, 7) is 0. The van der Waals surface area contributed by atoms with Gasteiger partial charge in [0.05, 0.1) is 22.1 Å². The highest BCUT2D eigenvalue weighted by molar-refractivity contribution is 6.10. The normalized spacial score (nSPS) is 12.8. The molecule has 5 nitrogen and oxygen atoms in total. The highest BCUT2D eigenvalue weighted by atomic mass is 15.1. The maximum absolute atomic E-state index is 5.81. The second kappa shape index (κ2) is 14.3. The summed E-state index contributed by atoms with van der Waals surface area (Å²) in [6, 6.07) is 76.0. The number of aromatic nitrogens is 5. The molecule has 0 aliphatic heterocycles. The summed E-state index contributed by atoms with van der Waals surface area (Å²) in [5.74, 6) is 0.845. The average molecular weight is 816 g/mol. The zero-order chi connectivity index (χ0) is 42.2. The number of para-hydroxylation sites is 2. The van der Waals surface area contributed by atoms with Crippen LogP contribution in [0.5, 0.6) is 0 Å². The minimum absolute atomic E-state index is 0.678. The summed E-state index contributed by atoms with van der Waals surface area (Å²) < 4.78 is 2.14. The van der Waals surface area contributed by atoms with E-state index in [1.165, 1.54) is 27.5 Å². The molecule has 0 saturated heterocycles. The predicted molar refractivity (Wildman–Crippen MR) is 261 cm³/mol. The van der Waals surface area contributed by atoms with Crippen molar-refractivity contribution in [1.82, 2.24) is 24.5 Å². The smallest absolute Gasteiger partial charge is 0.164 e. The molecule has 5 heteroatoms. The number of hydrogen-bond acceptors (Lipinski definition) is 4. The molecule has 0 bridgehead atoms. The van der Waals surface area contributed by atoms with Crippen molar-refractivity contribution < 1.29 is 0 Å². The van der Waals surface area contributed by atoms with Crippen LogP contribution in [0.3, 0.4) is 0 Å². The van der Waals surface area contributed by atoms with E-state index >= 15 is 0 Å². The van der Waals surface area contributed by atoms with Crippen LogP contribution >= 0.6 is 0 Å². The van der Waals surface area contributed by atoms with Gasteiger partial charge in [-0.1, -0.05) is 164 Å². The number of imidazole rings is 1. The Morgan fingerprint density at radius 1 is 0.406 bits per heavy atom. The minimum Gasteiger partial charge on any atom is -0.277 e. The van der Waals surface area contributed by atoms with Crippen LogP contribution in [0.4, 0.5) is 0 Å². The third-order valence-corrected chi connectivity index (χ3v) is 13.1. The summed E-state index contributed by atoms with van der Waals surface area (Å²) in [5.41, 5.74) is 16.1. The Hall–Kier alpha value is -8.54. The summed E-state index contributed by atoms with van der Waals surface area (Å²) in [7, 11) is 0. The second-order valence-corrected chi connectivity index (χ2v) is 16.6. The second-order valence-electron chi connectivity index (χ2n) is 16.6. The van der Waals surface area contributed by atoms with Gasteiger partial charge < -0.3 is 0 Å². The van der Waals surface area contributed by atoms with Gasteiger partial charge in [-0.05, 0) is 98.2 Å². The van der Waals surface area contributed by atoms with Gasteiger partial charge in [0.25, 0.3) is 0 Å². The van der Waals surface area contributed by atoms with E-state index in [0.717, 1.165) is 89.1 Å². The molecule has 4 heterocycles. The van der Waals surface area contributed by atoms with E-state index in [1.54, 1.807) is 0 Å². The highest BCUT2D eigenvalue weighted by Crippen LogP contribution is 2.59. The SMILES string of the molecule is c1ccc(-n2c(-c3ccc(-c4cccc5cc6c(nc45)-c4c(cc(-c5ccc7ccccc7c5)c5cccnc45)C6(c4ccccc4)c4ccccc4)cc3)nc3cccnc32)cc1. The van der Waals surface area contributed by atoms with E-state index in [0.29, 0.717) is 0 Å². The largest absolute Gasteiger partial charge is 0.277 e. The molecule has 4 aromatic heterocycles. The van der Waals surface area contributed by atoms with Crippen molar-refractivity contribution in [2.45, 2.75) is 5.41 Å². The zero-order valence-electron chi connectivity index (χ0n) is 34.6. The van der Waals surface area contributed by atoms with E-state index < -0.39 is 5.41 Å². The number of rotatable bonds is 6. The molecule has 1 aliphatic carbocycles. The highest BCUT2D eigenvalue weighted by Gasteiger charge is 2.48. The van der Waals surface area contributed by atoms with Crippen molar-refractivity contribution in [2.75, 3.05) is 0 Å². The van der Waals surface area contributed by atoms with Crippen molar-refractivity contribution in [1.29, 1.82) is 0 Å². The fourth-order valence-corrected chi connectivity index (χ4v) is 10.3. The van der Waals surface area contributed by atoms with E-state index in [2.05, 4.69) is 187 Å². The number of nitrogens with zero attached hydrogens (tertiary/aromatic N) is 5. The fourth-order valence-electron chi connectivity index (χ4n) is 10.3. The molecule has 0 spiro atoms. The van der Waals surface area contributed by atoms with Crippen LogP contribution in [-0.4, -0.2) is 24.5 Å². The van der Waals surface area contributed by atoms with E-state index in [-0.39, 0.29) is 0 Å². The van der Waals surface area contributed by atoms with Crippen LogP contribution in [0, 0.1) is 0 Å². The summed E-state index contributed by atoms with van der Waals surface area (Å²) in [5, 5.41) is 4.60. The molecule has 64 heavy (non-hydrogen) atoms. The first-order valence-corrected chi connectivity index (χ1v) is 21.7. The lowest BCUT2D eigenvalue weighted by molar-refractivity contribution is 0.768. The van der Waals surface area contributed by atoms with E-state index in [1.807, 2.05) is 42.7 Å². The van der Waals surface area contributed by atoms with Crippen molar-refractivity contribution in [3.05, 3.63) is 247 Å². The Balaban J connectivity index is 1.05. The predicted octanol–water partition coefficient (Wildman–Crippen LogP) is 14.0. The zero-order valence-corrected chi connectivity index (χ0v) is 34.6. The molecule has 0 fully saturated rings. The van der Waals surface area contributed by atoms with E-state index in [9.17, 15) is 0 Å². The van der Waals surface area contributed by atoms with Crippen LogP contribution in [0.1, 0.15) is 22.3 Å². The molecule has 8 aromatic carbocycles. The van der Waals surface area contributed by atoms with Crippen molar-refractivity contribution in [3.8, 4) is 50.6 Å². The third-order valence-electron chi connectivity index (χ3n) is 13.1. The van der Waals surface area contributed by atoms with Gasteiger partial charge in [-0.3, -0.25) is 9.55 Å². The van der Waals surface area contributed by atoms with Crippen molar-refractivity contribution in [3.63, 3.8) is 0 Å². The number of fused-ring (bicyclic) bond motifs is 8. The molecular weight excluding hydrogens is 779 g/mol. The lowest BCUT2D eigenvalue weighted by atomic mass is 9.67. The molecule has 0 N–H and O–H groups in total. The van der Waals surface area contributed by atoms with Gasteiger partial charge in [-0.15, -0.1) is 0 Å². The minimum atomic E-state index is -0.678. The van der Waals surface area contributed by atoms with Crippen LogP contribution in [-0.2, 0) is 5.41 Å². The summed E-state index contributed by atoms with van der Waals surface area (Å²) in [4.78, 5) is 20.9. The Morgan fingerprint density at radius 2 is 1.06 bits per heavy atom. The quantitative estimate of drug-likeness (QED) is 0.168. The Kier molecular flexibility index (Phi) is 8.06. The first-order chi connectivity index (χ1) is 31.7. The Bertz CT molecular complexity index is 3730. The summed E-state index contributed by atoms with van der Waals surface area (Å²) >= 11 is 0. The van der Waals surface area contributed by atoms with Crippen LogP contribution in [0.2, 0.25) is 0 Å². The Labute approximate surface area is 369 Å². The van der Waals surface area contributed by atoms with Gasteiger partial charge in [0, 0.05) is 45.5 Å². The van der Waals surface area contributed by atoms with Gasteiger partial charge in [0.1, 0.15) is 11.3 Å². The monoisotopic (exact) mass is 815 g/mol. The molecule has 13 rings (SSSR count). The molecule has 0 atom stereocenters. The molecule has 0 amide bonds. The first-order valence-electron chi connectivity index (χ1n) is 21.7. The topological polar surface area (TPSA) is 56.5 Å². The van der Waals surface area contributed by atoms with Gasteiger partial charge in [-0.25, -0.2) is 15.0 Å². The molecular formula is C59H37N5. The standard InChI is InChI=1S/C59H37N5/c1-4-18-44(19-5-1)59(45-20-6-2-7-21-45)50-37-49(42-32-27-38-15-10-11-16-41(38)35-42)48-25-13-33-60-55(48)53(50)56-51(59)36-43-17-12-24-47(54(43)63-56)39-28-30-40(31-29-39)57-62-52-26-14-34-61-58(52)64(57)46-22-8-3-9-23-46/h1-37H. The molecule has 0 unspecified atom stereocenters. The Morgan fingerprint density at radius 3 is 1.84 bits per heavy atom. The third kappa shape index (κ3) is 5.37. The lowest BCUT2D eigenvalue weighted by Crippen LogP contribution is -2.28. The van der Waals surface area contributed by atoms with Gasteiger partial charge in [0.2, 0.25) is 0 Å². The molecule has 0 saturated carbocycles. The molecule has 298 valence electrons. The molecule has 12 aromatic rings. The fraction of sp³-hybridized carbons (Fsp3) is 0.0169. The van der Waals surface area contributed by atoms with Gasteiger partial charge in [-0.2, -0.15) is 0 Å². The first kappa shape index (κ1) is 36.1. The lowest BCUT2D eigenvalue weighted by Gasteiger charge is -2.34. The van der Waals surface area contributed by atoms with Gasteiger partial charge in [0.15, 0.2) is 5.65 Å². The summed E-state index contributed by atoms with van der Waals surface area (Å²) in [6.07, 6.45) is 3.75. The van der Waals surface area contributed by atoms with E-state index in [4.69, 9.17) is 19.9 Å². The number of pyridine rings is 3. The van der Waals surface area contributed by atoms with Gasteiger partial charge >= 0.3 is 0 Å². The molecule has 0 radical (unpaired) electrons. The average Bonchev–Trinajstić information content (AvgIpc) is 3.90.